The van der Waals surface area contributed by atoms with Crippen molar-refractivity contribution in [1.29, 1.82) is 0 Å². The topological polar surface area (TPSA) is 0 Å². The van der Waals surface area contributed by atoms with Crippen LogP contribution in [0.1, 0.15) is 87.3 Å². The Morgan fingerprint density at radius 2 is 0.871 bits per heavy atom. The molecule has 31 heavy (non-hydrogen) atoms. The molecule has 4 aromatic carbocycles. The molecule has 0 amide bonds. The molecule has 0 atom stereocenters. The Morgan fingerprint density at radius 3 is 1.32 bits per heavy atom. The summed E-state index contributed by atoms with van der Waals surface area (Å²) < 4.78 is 0. The molecule has 4 aromatic rings. The van der Waals surface area contributed by atoms with E-state index in [0.717, 1.165) is 0 Å². The fourth-order valence-electron chi connectivity index (χ4n) is 4.01. The minimum atomic E-state index is 0.128. The minimum absolute atomic E-state index is 0.128. The molecule has 0 unspecified atom stereocenters. The molecule has 0 aliphatic carbocycles. The molecule has 0 N–H and O–H groups in total. The van der Waals surface area contributed by atoms with Crippen molar-refractivity contribution in [3.8, 4) is 0 Å². The Morgan fingerprint density at radius 1 is 0.484 bits per heavy atom. The van der Waals surface area contributed by atoms with E-state index in [9.17, 15) is 0 Å². The van der Waals surface area contributed by atoms with E-state index in [0.29, 0.717) is 0 Å². The van der Waals surface area contributed by atoms with Crippen LogP contribution in [-0.2, 0) is 5.41 Å². The van der Waals surface area contributed by atoms with E-state index >= 15 is 0 Å². The number of aryl methyl sites for hydroxylation is 1. The second-order valence-electron chi connectivity index (χ2n) is 7.54. The number of hydrogen-bond acceptors (Lipinski definition) is 0. The molecule has 0 bridgehead atoms. The Labute approximate surface area is 192 Å². The third-order valence-electron chi connectivity index (χ3n) is 4.90. The van der Waals surface area contributed by atoms with Crippen molar-refractivity contribution in [3.63, 3.8) is 0 Å². The summed E-state index contributed by atoms with van der Waals surface area (Å²) in [6, 6.07) is 22.2. The zero-order valence-corrected chi connectivity index (χ0v) is 22.3. The van der Waals surface area contributed by atoms with Crippen LogP contribution in [0.4, 0.5) is 0 Å². The van der Waals surface area contributed by atoms with Gasteiger partial charge in [-0.25, -0.2) is 0 Å². The van der Waals surface area contributed by atoms with Crippen molar-refractivity contribution in [3.05, 3.63) is 71.8 Å². The fraction of sp³-hybridized carbons (Fsp3) is 0.419. The van der Waals surface area contributed by atoms with Crippen LogP contribution in [0.2, 0.25) is 0 Å². The van der Waals surface area contributed by atoms with E-state index in [1.807, 2.05) is 55.4 Å². The van der Waals surface area contributed by atoms with Gasteiger partial charge in [0.2, 0.25) is 0 Å². The molecule has 0 aromatic heterocycles. The quantitative estimate of drug-likeness (QED) is 0.197. The van der Waals surface area contributed by atoms with Gasteiger partial charge in [0.15, 0.2) is 0 Å². The van der Waals surface area contributed by atoms with E-state index < -0.39 is 0 Å². The summed E-state index contributed by atoms with van der Waals surface area (Å²) in [7, 11) is 0. The van der Waals surface area contributed by atoms with Gasteiger partial charge in [-0.3, -0.25) is 0 Å². The minimum Gasteiger partial charge on any atom is -0.0683 e. The lowest BCUT2D eigenvalue weighted by molar-refractivity contribution is 0.593. The normalized spacial score (nSPS) is 9.94. The summed E-state index contributed by atoms with van der Waals surface area (Å²) >= 11 is 0. The largest absolute Gasteiger partial charge is 0.0683 e. The lowest BCUT2D eigenvalue weighted by Crippen LogP contribution is -2.14. The molecule has 0 spiro atoms. The van der Waals surface area contributed by atoms with Gasteiger partial charge in [0.25, 0.3) is 0 Å². The van der Waals surface area contributed by atoms with Gasteiger partial charge in [0, 0.05) is 0 Å². The Hall–Kier alpha value is -2.34. The van der Waals surface area contributed by atoms with Crippen LogP contribution in [0.5, 0.6) is 0 Å². The van der Waals surface area contributed by atoms with Gasteiger partial charge in [-0.2, -0.15) is 0 Å². The van der Waals surface area contributed by atoms with Crippen molar-refractivity contribution in [1.82, 2.24) is 0 Å². The van der Waals surface area contributed by atoms with Crippen molar-refractivity contribution in [2.75, 3.05) is 0 Å². The molecule has 0 radical (unpaired) electrons. The summed E-state index contributed by atoms with van der Waals surface area (Å²) in [6.45, 7) is 25.2. The number of hydrogen-bond donors (Lipinski definition) is 0. The summed E-state index contributed by atoms with van der Waals surface area (Å²) in [4.78, 5) is 0. The average Bonchev–Trinajstić information content (AvgIpc) is 2.83. The second-order valence-corrected chi connectivity index (χ2v) is 7.54. The van der Waals surface area contributed by atoms with Gasteiger partial charge in [-0.05, 0) is 67.9 Å². The predicted octanol–water partition coefficient (Wildman–Crippen LogP) is 10.9. The van der Waals surface area contributed by atoms with Crippen LogP contribution in [0.15, 0.2) is 60.7 Å². The van der Waals surface area contributed by atoms with Gasteiger partial charge in [0.1, 0.15) is 0 Å². The maximum atomic E-state index is 2.36. The van der Waals surface area contributed by atoms with E-state index in [2.05, 4.69) is 88.4 Å². The predicted molar refractivity (Wildman–Crippen MR) is 148 cm³/mol. The SMILES string of the molecule is CC.CC.CC.CC.Cc1c(C(C)(C)C)c2ccccc2c2cc3ccccc3cc12. The molecule has 0 nitrogen and oxygen atoms in total. The van der Waals surface area contributed by atoms with Crippen LogP contribution in [0.3, 0.4) is 0 Å². The van der Waals surface area contributed by atoms with Gasteiger partial charge in [0.05, 0.1) is 0 Å². The van der Waals surface area contributed by atoms with Gasteiger partial charge in [-0.1, -0.05) is 125 Å². The molecule has 0 heterocycles. The van der Waals surface area contributed by atoms with Gasteiger partial charge >= 0.3 is 0 Å². The standard InChI is InChI=1S/C23H22.4C2H6/c1-15-20-13-16-9-5-6-10-17(16)14-21(20)18-11-7-8-12-19(18)22(15)23(2,3)4;4*1-2/h5-14H,1-4H3;4*1-2H3. The Balaban J connectivity index is 0.00000102. The van der Waals surface area contributed by atoms with Gasteiger partial charge < -0.3 is 0 Å². The zero-order valence-electron chi connectivity index (χ0n) is 22.3. The lowest BCUT2D eigenvalue weighted by Gasteiger charge is -2.26. The highest BCUT2D eigenvalue weighted by molar-refractivity contribution is 6.14. The lowest BCUT2D eigenvalue weighted by atomic mass is 9.78. The third kappa shape index (κ3) is 6.33. The van der Waals surface area contributed by atoms with Crippen LogP contribution < -0.4 is 0 Å². The Kier molecular flexibility index (Phi) is 12.8. The monoisotopic (exact) mass is 418 g/mol. The van der Waals surface area contributed by atoms with Gasteiger partial charge in [-0.15, -0.1) is 0 Å². The molecule has 170 valence electrons. The maximum Gasteiger partial charge on any atom is -0.00961 e. The van der Waals surface area contributed by atoms with Crippen LogP contribution >= 0.6 is 0 Å². The van der Waals surface area contributed by atoms with E-state index in [1.165, 1.54) is 43.4 Å². The summed E-state index contributed by atoms with van der Waals surface area (Å²) in [5.41, 5.74) is 3.01. The van der Waals surface area contributed by atoms with Crippen LogP contribution in [0.25, 0.3) is 32.3 Å². The molecule has 0 aliphatic rings. The molecule has 0 saturated carbocycles. The first-order valence-electron chi connectivity index (χ1n) is 12.3. The van der Waals surface area contributed by atoms with Crippen molar-refractivity contribution in [2.24, 2.45) is 0 Å². The summed E-state index contributed by atoms with van der Waals surface area (Å²) in [5, 5.41) is 8.13. The highest BCUT2D eigenvalue weighted by Gasteiger charge is 2.21. The van der Waals surface area contributed by atoms with Crippen LogP contribution in [-0.4, -0.2) is 0 Å². The van der Waals surface area contributed by atoms with Crippen molar-refractivity contribution in [2.45, 2.75) is 88.5 Å². The smallest absolute Gasteiger partial charge is 0.00961 e. The summed E-state index contributed by atoms with van der Waals surface area (Å²) in [5.74, 6) is 0. The first-order chi connectivity index (χ1) is 15.0. The number of benzene rings is 4. The zero-order chi connectivity index (χ0) is 24.2. The average molecular weight is 419 g/mol. The van der Waals surface area contributed by atoms with Crippen LogP contribution in [0, 0.1) is 6.92 Å². The fourth-order valence-corrected chi connectivity index (χ4v) is 4.01. The van der Waals surface area contributed by atoms with Crippen molar-refractivity contribution >= 4 is 32.3 Å². The molecule has 0 aliphatic heterocycles. The van der Waals surface area contributed by atoms with E-state index in [4.69, 9.17) is 0 Å². The number of rotatable bonds is 0. The molecule has 4 rings (SSSR count). The first-order valence-corrected chi connectivity index (χ1v) is 12.3. The molecule has 0 saturated heterocycles. The van der Waals surface area contributed by atoms with E-state index in [-0.39, 0.29) is 5.41 Å². The first kappa shape index (κ1) is 28.7. The molecular formula is C31H46. The van der Waals surface area contributed by atoms with Crippen molar-refractivity contribution < 1.29 is 0 Å². The molecule has 0 heteroatoms. The highest BCUT2D eigenvalue weighted by atomic mass is 14.3. The molecule has 0 fully saturated rings. The number of fused-ring (bicyclic) bond motifs is 4. The maximum absolute atomic E-state index is 2.36. The molecular weight excluding hydrogens is 372 g/mol. The summed E-state index contributed by atoms with van der Waals surface area (Å²) in [6.07, 6.45) is 0. The second kappa shape index (κ2) is 13.9. The van der Waals surface area contributed by atoms with E-state index in [1.54, 1.807) is 0 Å². The highest BCUT2D eigenvalue weighted by Crippen LogP contribution is 2.40. The third-order valence-corrected chi connectivity index (χ3v) is 4.90. The Bertz CT molecular complexity index is 1050.